The molecule has 2 N–H and O–H groups in total. The highest BCUT2D eigenvalue weighted by atomic mass is 14.9. The molecule has 1 heterocycles. The maximum absolute atomic E-state index is 5.97. The van der Waals surface area contributed by atoms with Gasteiger partial charge in [-0.05, 0) is 25.0 Å². The fourth-order valence-corrected chi connectivity index (χ4v) is 2.34. The van der Waals surface area contributed by atoms with E-state index < -0.39 is 0 Å². The Labute approximate surface area is 124 Å². The first-order chi connectivity index (χ1) is 10.1. The van der Waals surface area contributed by atoms with Crippen LogP contribution in [0.1, 0.15) is 11.1 Å². The predicted octanol–water partition coefficient (Wildman–Crippen LogP) is 4.01. The molecule has 0 bridgehead atoms. The number of hydrogen-bond donors (Lipinski definition) is 1. The van der Waals surface area contributed by atoms with Gasteiger partial charge in [-0.15, -0.1) is 0 Å². The lowest BCUT2D eigenvalue weighted by Gasteiger charge is -2.10. The van der Waals surface area contributed by atoms with Gasteiger partial charge >= 0.3 is 0 Å². The molecule has 21 heavy (non-hydrogen) atoms. The van der Waals surface area contributed by atoms with Crippen molar-refractivity contribution in [2.75, 3.05) is 5.73 Å². The zero-order valence-electron chi connectivity index (χ0n) is 12.2. The van der Waals surface area contributed by atoms with E-state index in [-0.39, 0.29) is 0 Å². The first-order valence-corrected chi connectivity index (χ1v) is 6.92. The van der Waals surface area contributed by atoms with Crippen molar-refractivity contribution in [2.45, 2.75) is 13.8 Å². The van der Waals surface area contributed by atoms with Crippen LogP contribution in [0.25, 0.3) is 22.6 Å². The molecule has 3 aromatic rings. The molecule has 2 aromatic carbocycles. The number of nitrogen functional groups attached to an aromatic ring is 1. The van der Waals surface area contributed by atoms with Gasteiger partial charge in [0, 0.05) is 17.2 Å². The molecule has 0 amide bonds. The molecule has 0 spiro atoms. The van der Waals surface area contributed by atoms with Gasteiger partial charge in [-0.25, -0.2) is 9.97 Å². The largest absolute Gasteiger partial charge is 0.384 e. The summed E-state index contributed by atoms with van der Waals surface area (Å²) in [6.45, 7) is 4.17. The average Bonchev–Trinajstić information content (AvgIpc) is 2.50. The molecule has 0 radical (unpaired) electrons. The molecule has 3 nitrogen and oxygen atoms in total. The number of benzene rings is 2. The lowest BCUT2D eigenvalue weighted by Crippen LogP contribution is -1.99. The van der Waals surface area contributed by atoms with E-state index in [1.165, 1.54) is 11.1 Å². The number of aryl methyl sites for hydroxylation is 1. The van der Waals surface area contributed by atoms with Gasteiger partial charge < -0.3 is 5.73 Å². The van der Waals surface area contributed by atoms with Crippen LogP contribution in [0.4, 0.5) is 5.82 Å². The Kier molecular flexibility index (Phi) is 3.40. The summed E-state index contributed by atoms with van der Waals surface area (Å²) >= 11 is 0. The third kappa shape index (κ3) is 2.63. The molecule has 1 aromatic heterocycles. The van der Waals surface area contributed by atoms with Crippen LogP contribution in [0, 0.1) is 13.8 Å². The Morgan fingerprint density at radius 1 is 0.857 bits per heavy atom. The van der Waals surface area contributed by atoms with E-state index in [9.17, 15) is 0 Å². The van der Waals surface area contributed by atoms with E-state index in [0.717, 1.165) is 16.8 Å². The summed E-state index contributed by atoms with van der Waals surface area (Å²) < 4.78 is 0. The van der Waals surface area contributed by atoms with E-state index in [4.69, 9.17) is 5.73 Å². The summed E-state index contributed by atoms with van der Waals surface area (Å²) in [4.78, 5) is 9.08. The Morgan fingerprint density at radius 2 is 1.62 bits per heavy atom. The Hall–Kier alpha value is -2.68. The Morgan fingerprint density at radius 3 is 2.38 bits per heavy atom. The van der Waals surface area contributed by atoms with E-state index in [1.807, 2.05) is 48.5 Å². The van der Waals surface area contributed by atoms with Crippen LogP contribution < -0.4 is 5.73 Å². The van der Waals surface area contributed by atoms with Crippen LogP contribution in [-0.4, -0.2) is 9.97 Å². The third-order valence-corrected chi connectivity index (χ3v) is 3.66. The molecule has 3 heteroatoms. The summed E-state index contributed by atoms with van der Waals surface area (Å²) in [5.41, 5.74) is 11.3. The standard InChI is InChI=1S/C18H17N3/c1-12-7-6-10-15(13(12)2)18-20-16(11-17(19)21-18)14-8-4-3-5-9-14/h3-11H,1-2H3,(H2,19,20,21). The van der Waals surface area contributed by atoms with Crippen LogP contribution in [-0.2, 0) is 0 Å². The molecular formula is C18H17N3. The molecule has 0 unspecified atom stereocenters. The maximum Gasteiger partial charge on any atom is 0.162 e. The number of aromatic nitrogens is 2. The van der Waals surface area contributed by atoms with Gasteiger partial charge in [0.1, 0.15) is 5.82 Å². The topological polar surface area (TPSA) is 51.8 Å². The molecular weight excluding hydrogens is 258 g/mol. The molecule has 0 aliphatic rings. The van der Waals surface area contributed by atoms with Crippen molar-refractivity contribution in [1.82, 2.24) is 9.97 Å². The molecule has 0 fully saturated rings. The van der Waals surface area contributed by atoms with E-state index in [1.54, 1.807) is 0 Å². The molecule has 0 saturated heterocycles. The molecule has 0 aliphatic heterocycles. The van der Waals surface area contributed by atoms with Crippen molar-refractivity contribution >= 4 is 5.82 Å². The number of nitrogens with two attached hydrogens (primary N) is 1. The first kappa shape index (κ1) is 13.3. The lowest BCUT2D eigenvalue weighted by molar-refractivity contribution is 1.17. The molecule has 0 saturated carbocycles. The zero-order valence-corrected chi connectivity index (χ0v) is 12.2. The summed E-state index contributed by atoms with van der Waals surface area (Å²) in [6.07, 6.45) is 0. The van der Waals surface area contributed by atoms with E-state index >= 15 is 0 Å². The van der Waals surface area contributed by atoms with Gasteiger partial charge in [0.05, 0.1) is 5.69 Å². The van der Waals surface area contributed by atoms with Crippen molar-refractivity contribution in [1.29, 1.82) is 0 Å². The number of nitrogens with zero attached hydrogens (tertiary/aromatic N) is 2. The van der Waals surface area contributed by atoms with Crippen LogP contribution in [0.2, 0.25) is 0 Å². The smallest absolute Gasteiger partial charge is 0.162 e. The SMILES string of the molecule is Cc1cccc(-c2nc(N)cc(-c3ccccc3)n2)c1C. The van der Waals surface area contributed by atoms with Gasteiger partial charge in [0.2, 0.25) is 0 Å². The van der Waals surface area contributed by atoms with Crippen LogP contribution in [0.5, 0.6) is 0 Å². The normalized spacial score (nSPS) is 10.6. The Bertz CT molecular complexity index is 780. The first-order valence-electron chi connectivity index (χ1n) is 6.92. The van der Waals surface area contributed by atoms with Gasteiger partial charge in [-0.2, -0.15) is 0 Å². The fourth-order valence-electron chi connectivity index (χ4n) is 2.34. The predicted molar refractivity (Wildman–Crippen MR) is 86.8 cm³/mol. The summed E-state index contributed by atoms with van der Waals surface area (Å²) in [6, 6.07) is 18.0. The van der Waals surface area contributed by atoms with Crippen LogP contribution >= 0.6 is 0 Å². The van der Waals surface area contributed by atoms with E-state index in [0.29, 0.717) is 11.6 Å². The Balaban J connectivity index is 2.17. The van der Waals surface area contributed by atoms with Crippen molar-refractivity contribution in [3.05, 3.63) is 65.7 Å². The number of rotatable bonds is 2. The minimum Gasteiger partial charge on any atom is -0.384 e. The molecule has 3 rings (SSSR count). The second kappa shape index (κ2) is 5.37. The summed E-state index contributed by atoms with van der Waals surface area (Å²) in [7, 11) is 0. The van der Waals surface area contributed by atoms with E-state index in [2.05, 4.69) is 29.9 Å². The van der Waals surface area contributed by atoms with Gasteiger partial charge in [0.15, 0.2) is 5.82 Å². The fraction of sp³-hybridized carbons (Fsp3) is 0.111. The second-order valence-electron chi connectivity index (χ2n) is 5.12. The average molecular weight is 275 g/mol. The lowest BCUT2D eigenvalue weighted by atomic mass is 10.0. The molecule has 104 valence electrons. The second-order valence-corrected chi connectivity index (χ2v) is 5.12. The van der Waals surface area contributed by atoms with Crippen molar-refractivity contribution in [3.63, 3.8) is 0 Å². The molecule has 0 atom stereocenters. The maximum atomic E-state index is 5.97. The van der Waals surface area contributed by atoms with Crippen LogP contribution in [0.3, 0.4) is 0 Å². The van der Waals surface area contributed by atoms with Crippen molar-refractivity contribution < 1.29 is 0 Å². The van der Waals surface area contributed by atoms with Gasteiger partial charge in [-0.1, -0.05) is 48.5 Å². The van der Waals surface area contributed by atoms with Crippen LogP contribution in [0.15, 0.2) is 54.6 Å². The van der Waals surface area contributed by atoms with Crippen molar-refractivity contribution in [2.24, 2.45) is 0 Å². The quantitative estimate of drug-likeness (QED) is 0.768. The van der Waals surface area contributed by atoms with Gasteiger partial charge in [-0.3, -0.25) is 0 Å². The highest BCUT2D eigenvalue weighted by Crippen LogP contribution is 2.26. The van der Waals surface area contributed by atoms with Gasteiger partial charge in [0.25, 0.3) is 0 Å². The monoisotopic (exact) mass is 275 g/mol. The summed E-state index contributed by atoms with van der Waals surface area (Å²) in [5, 5.41) is 0. The highest BCUT2D eigenvalue weighted by molar-refractivity contribution is 5.68. The number of hydrogen-bond acceptors (Lipinski definition) is 3. The minimum atomic E-state index is 0.486. The zero-order chi connectivity index (χ0) is 14.8. The molecule has 0 aliphatic carbocycles. The highest BCUT2D eigenvalue weighted by Gasteiger charge is 2.10. The third-order valence-electron chi connectivity index (χ3n) is 3.66. The summed E-state index contributed by atoms with van der Waals surface area (Å²) in [5.74, 6) is 1.16. The van der Waals surface area contributed by atoms with Crippen molar-refractivity contribution in [3.8, 4) is 22.6 Å². The number of anilines is 1. The minimum absolute atomic E-state index is 0.486.